The lowest BCUT2D eigenvalue weighted by Gasteiger charge is -1.80. The lowest BCUT2D eigenvalue weighted by atomic mass is 10.3. The number of carbonyl (C=O) groups is 1. The summed E-state index contributed by atoms with van der Waals surface area (Å²) in [5.41, 5.74) is 0. The van der Waals surface area contributed by atoms with Gasteiger partial charge in [-0.25, -0.2) is 0 Å². The molecule has 0 aliphatic carbocycles. The molecule has 0 radical (unpaired) electrons. The van der Waals surface area contributed by atoms with Gasteiger partial charge in [-0.3, -0.25) is 0 Å². The van der Waals surface area contributed by atoms with E-state index in [2.05, 4.69) is 0 Å². The molecule has 0 saturated heterocycles. The number of ketones is 1. The predicted molar refractivity (Wildman–Crippen MR) is 38.3 cm³/mol. The Hall–Kier alpha value is -0.370. The second-order valence-electron chi connectivity index (χ2n) is 1.77. The van der Waals surface area contributed by atoms with E-state index in [0.29, 0.717) is 0 Å². The van der Waals surface area contributed by atoms with Crippen molar-refractivity contribution < 1.29 is 9.90 Å². The molecule has 0 heterocycles. The summed E-state index contributed by atoms with van der Waals surface area (Å²) in [4.78, 5) is 10.0. The van der Waals surface area contributed by atoms with Gasteiger partial charge in [0.25, 0.3) is 0 Å². The van der Waals surface area contributed by atoms with Gasteiger partial charge in [0.15, 0.2) is 0 Å². The highest BCUT2D eigenvalue weighted by molar-refractivity contribution is 5.75. The fraction of sp³-hybridized carbons (Fsp3) is 0.857. The molecule has 2 nitrogen and oxygen atoms in total. The second kappa shape index (κ2) is 10.6. The third-order valence-electron chi connectivity index (χ3n) is 0.602. The topological polar surface area (TPSA) is 37.3 Å². The van der Waals surface area contributed by atoms with Gasteiger partial charge in [0.2, 0.25) is 0 Å². The highest BCUT2D eigenvalue weighted by Crippen LogP contribution is 1.84. The monoisotopic (exact) mass is 132 g/mol. The molecule has 56 valence electrons. The van der Waals surface area contributed by atoms with Crippen LogP contribution in [0.4, 0.5) is 0 Å². The quantitative estimate of drug-likeness (QED) is 0.616. The average Bonchev–Trinajstić information content (AvgIpc) is 1.67. The van der Waals surface area contributed by atoms with Crippen LogP contribution in [0.1, 0.15) is 33.6 Å². The Morgan fingerprint density at radius 3 is 1.78 bits per heavy atom. The van der Waals surface area contributed by atoms with Crippen LogP contribution in [0, 0.1) is 0 Å². The van der Waals surface area contributed by atoms with Gasteiger partial charge in [0.1, 0.15) is 5.78 Å². The van der Waals surface area contributed by atoms with E-state index >= 15 is 0 Å². The number of hydrogen-bond donors (Lipinski definition) is 1. The predicted octanol–water partition coefficient (Wildman–Crippen LogP) is 1.37. The summed E-state index contributed by atoms with van der Waals surface area (Å²) >= 11 is 0. The van der Waals surface area contributed by atoms with Crippen LogP contribution in [0.5, 0.6) is 0 Å². The zero-order valence-electron chi connectivity index (χ0n) is 6.48. The van der Waals surface area contributed by atoms with E-state index in [1.807, 2.05) is 6.92 Å². The minimum atomic E-state index is 0.250. The first-order valence-electron chi connectivity index (χ1n) is 3.29. The standard InChI is InChI=1S/C5H10O.C2H6O/c1-3-4-5(2)6;1-2-3/h3-4H2,1-2H3;3H,2H2,1H3. The molecule has 0 aliphatic heterocycles. The molecule has 0 amide bonds. The van der Waals surface area contributed by atoms with Crippen LogP contribution >= 0.6 is 0 Å². The number of aliphatic hydroxyl groups excluding tert-OH is 1. The first-order valence-corrected chi connectivity index (χ1v) is 3.29. The molecule has 0 bridgehead atoms. The molecule has 1 N–H and O–H groups in total. The normalized spacial score (nSPS) is 7.56. The minimum Gasteiger partial charge on any atom is -0.397 e. The smallest absolute Gasteiger partial charge is 0.129 e. The molecule has 2 heteroatoms. The Bertz CT molecular complexity index is 59.9. The molecular weight excluding hydrogens is 116 g/mol. The highest BCUT2D eigenvalue weighted by Gasteiger charge is 1.83. The molecular formula is C7H16O2. The van der Waals surface area contributed by atoms with Crippen molar-refractivity contribution in [1.82, 2.24) is 0 Å². The summed E-state index contributed by atoms with van der Waals surface area (Å²) in [6.07, 6.45) is 1.72. The maximum atomic E-state index is 10.0. The summed E-state index contributed by atoms with van der Waals surface area (Å²) in [6.45, 7) is 5.55. The van der Waals surface area contributed by atoms with E-state index in [4.69, 9.17) is 5.11 Å². The van der Waals surface area contributed by atoms with Crippen molar-refractivity contribution in [3.8, 4) is 0 Å². The van der Waals surface area contributed by atoms with Crippen molar-refractivity contribution in [2.45, 2.75) is 33.6 Å². The summed E-state index contributed by atoms with van der Waals surface area (Å²) in [5.74, 6) is 0.289. The lowest BCUT2D eigenvalue weighted by molar-refractivity contribution is -0.117. The van der Waals surface area contributed by atoms with Gasteiger partial charge in [-0.15, -0.1) is 0 Å². The number of carbonyl (C=O) groups excluding carboxylic acids is 1. The highest BCUT2D eigenvalue weighted by atomic mass is 16.2. The van der Waals surface area contributed by atoms with Crippen LogP contribution in [0.3, 0.4) is 0 Å². The van der Waals surface area contributed by atoms with E-state index in [9.17, 15) is 4.79 Å². The SMILES string of the molecule is CCCC(C)=O.CCO. The van der Waals surface area contributed by atoms with Gasteiger partial charge < -0.3 is 9.90 Å². The zero-order chi connectivity index (χ0) is 7.70. The Kier molecular flexibility index (Phi) is 13.4. The molecule has 0 atom stereocenters. The van der Waals surface area contributed by atoms with Crippen LogP contribution in [-0.4, -0.2) is 17.5 Å². The lowest BCUT2D eigenvalue weighted by Crippen LogP contribution is -1.84. The van der Waals surface area contributed by atoms with Gasteiger partial charge in [-0.05, 0) is 20.3 Å². The van der Waals surface area contributed by atoms with Gasteiger partial charge in [0, 0.05) is 13.0 Å². The Morgan fingerprint density at radius 2 is 1.78 bits per heavy atom. The van der Waals surface area contributed by atoms with Crippen LogP contribution in [0.25, 0.3) is 0 Å². The molecule has 9 heavy (non-hydrogen) atoms. The summed E-state index contributed by atoms with van der Waals surface area (Å²) in [5, 5.41) is 7.57. The fourth-order valence-electron chi connectivity index (χ4n) is 0.352. The van der Waals surface area contributed by atoms with Crippen LogP contribution in [0.15, 0.2) is 0 Å². The molecule has 0 aromatic heterocycles. The Balaban J connectivity index is 0. The van der Waals surface area contributed by atoms with Gasteiger partial charge in [0.05, 0.1) is 0 Å². The molecule has 0 fully saturated rings. The first-order chi connectivity index (χ1) is 4.18. The molecule has 0 rings (SSSR count). The van der Waals surface area contributed by atoms with Crippen LogP contribution < -0.4 is 0 Å². The van der Waals surface area contributed by atoms with Crippen LogP contribution in [0.2, 0.25) is 0 Å². The average molecular weight is 132 g/mol. The number of rotatable bonds is 2. The molecule has 0 aliphatic rings. The zero-order valence-corrected chi connectivity index (χ0v) is 6.48. The largest absolute Gasteiger partial charge is 0.397 e. The molecule has 0 unspecified atom stereocenters. The van der Waals surface area contributed by atoms with Crippen molar-refractivity contribution in [1.29, 1.82) is 0 Å². The van der Waals surface area contributed by atoms with Crippen molar-refractivity contribution in [3.63, 3.8) is 0 Å². The molecule has 0 spiro atoms. The van der Waals surface area contributed by atoms with Crippen LogP contribution in [-0.2, 0) is 4.79 Å². The minimum absolute atomic E-state index is 0.250. The first kappa shape index (κ1) is 11.4. The maximum Gasteiger partial charge on any atom is 0.129 e. The third kappa shape index (κ3) is 35.0. The third-order valence-corrected chi connectivity index (χ3v) is 0.602. The molecule has 0 aromatic rings. The van der Waals surface area contributed by atoms with Gasteiger partial charge in [-0.1, -0.05) is 6.92 Å². The van der Waals surface area contributed by atoms with E-state index in [1.165, 1.54) is 0 Å². The second-order valence-corrected chi connectivity index (χ2v) is 1.77. The number of hydrogen-bond acceptors (Lipinski definition) is 2. The summed E-state index contributed by atoms with van der Waals surface area (Å²) in [7, 11) is 0. The van der Waals surface area contributed by atoms with Crippen molar-refractivity contribution in [3.05, 3.63) is 0 Å². The van der Waals surface area contributed by atoms with E-state index in [-0.39, 0.29) is 12.4 Å². The summed E-state index contributed by atoms with van der Waals surface area (Å²) < 4.78 is 0. The van der Waals surface area contributed by atoms with E-state index < -0.39 is 0 Å². The molecule has 0 aromatic carbocycles. The molecule has 0 saturated carbocycles. The van der Waals surface area contributed by atoms with Crippen molar-refractivity contribution >= 4 is 5.78 Å². The van der Waals surface area contributed by atoms with Crippen molar-refractivity contribution in [2.75, 3.05) is 6.61 Å². The van der Waals surface area contributed by atoms with E-state index in [1.54, 1.807) is 13.8 Å². The van der Waals surface area contributed by atoms with Gasteiger partial charge in [-0.2, -0.15) is 0 Å². The number of aliphatic hydroxyl groups is 1. The van der Waals surface area contributed by atoms with E-state index in [0.717, 1.165) is 12.8 Å². The summed E-state index contributed by atoms with van der Waals surface area (Å²) in [6, 6.07) is 0. The Labute approximate surface area is 56.9 Å². The van der Waals surface area contributed by atoms with Gasteiger partial charge >= 0.3 is 0 Å². The fourth-order valence-corrected chi connectivity index (χ4v) is 0.352. The maximum absolute atomic E-state index is 10.0. The Morgan fingerprint density at radius 1 is 1.44 bits per heavy atom. The number of Topliss-reactive ketones (excluding diaryl/α,β-unsaturated/α-hetero) is 1. The van der Waals surface area contributed by atoms with Crippen molar-refractivity contribution in [2.24, 2.45) is 0 Å².